The van der Waals surface area contributed by atoms with E-state index in [4.69, 9.17) is 0 Å². The monoisotopic (exact) mass is 150 g/mol. The van der Waals surface area contributed by atoms with Crippen LogP contribution in [0.25, 0.3) is 5.57 Å². The summed E-state index contributed by atoms with van der Waals surface area (Å²) in [5.74, 6) is 1.08. The second-order valence-corrected chi connectivity index (χ2v) is 2.49. The number of allylic oxidation sites excluding steroid dienone is 2. The van der Waals surface area contributed by atoms with Gasteiger partial charge in [0.25, 0.3) is 0 Å². The molecule has 0 atom stereocenters. The van der Waals surface area contributed by atoms with Crippen molar-refractivity contribution in [1.82, 2.24) is 4.98 Å². The Labute approximate surface area is 67.3 Å². The standard InChI is InChI=1S/C9H14N2/c1-4-7(2)8-5-6-11-9(8)10-3/h4-6,10-11H,1-3H3/b7-4-. The second-order valence-electron chi connectivity index (χ2n) is 2.49. The van der Waals surface area contributed by atoms with Crippen molar-refractivity contribution in [2.24, 2.45) is 0 Å². The van der Waals surface area contributed by atoms with Crippen molar-refractivity contribution in [1.29, 1.82) is 0 Å². The molecular formula is C9H14N2. The Bertz CT molecular complexity index is 258. The molecule has 2 heteroatoms. The molecule has 60 valence electrons. The van der Waals surface area contributed by atoms with E-state index in [2.05, 4.69) is 29.4 Å². The zero-order valence-electron chi connectivity index (χ0n) is 7.23. The molecule has 0 radical (unpaired) electrons. The molecule has 2 N–H and O–H groups in total. The van der Waals surface area contributed by atoms with Crippen LogP contribution in [-0.4, -0.2) is 12.0 Å². The highest BCUT2D eigenvalue weighted by atomic mass is 15.0. The molecule has 1 heterocycles. The largest absolute Gasteiger partial charge is 0.374 e. The van der Waals surface area contributed by atoms with Crippen molar-refractivity contribution >= 4 is 11.4 Å². The third kappa shape index (κ3) is 1.45. The van der Waals surface area contributed by atoms with Crippen LogP contribution in [0.1, 0.15) is 19.4 Å². The van der Waals surface area contributed by atoms with Gasteiger partial charge in [0.2, 0.25) is 0 Å². The Hall–Kier alpha value is -1.18. The molecule has 0 amide bonds. The summed E-state index contributed by atoms with van der Waals surface area (Å²) >= 11 is 0. The van der Waals surface area contributed by atoms with Gasteiger partial charge >= 0.3 is 0 Å². The van der Waals surface area contributed by atoms with E-state index in [1.807, 2.05) is 20.2 Å². The number of anilines is 1. The third-order valence-corrected chi connectivity index (χ3v) is 1.85. The summed E-state index contributed by atoms with van der Waals surface area (Å²) in [6, 6.07) is 2.07. The van der Waals surface area contributed by atoms with E-state index in [0.29, 0.717) is 0 Å². The summed E-state index contributed by atoms with van der Waals surface area (Å²) in [4.78, 5) is 3.12. The zero-order valence-corrected chi connectivity index (χ0v) is 7.23. The fourth-order valence-electron chi connectivity index (χ4n) is 1.06. The molecule has 0 bridgehead atoms. The van der Waals surface area contributed by atoms with Gasteiger partial charge in [-0.2, -0.15) is 0 Å². The van der Waals surface area contributed by atoms with Crippen molar-refractivity contribution in [3.63, 3.8) is 0 Å². The van der Waals surface area contributed by atoms with Crippen LogP contribution in [0.5, 0.6) is 0 Å². The van der Waals surface area contributed by atoms with Crippen molar-refractivity contribution in [3.8, 4) is 0 Å². The minimum atomic E-state index is 1.08. The molecule has 0 saturated heterocycles. The lowest BCUT2D eigenvalue weighted by Crippen LogP contribution is -1.90. The Morgan fingerprint density at radius 3 is 2.91 bits per heavy atom. The SMILES string of the molecule is C/C=C(/C)c1cc[nH]c1NC. The Balaban J connectivity index is 3.02. The third-order valence-electron chi connectivity index (χ3n) is 1.85. The first-order chi connectivity index (χ1) is 5.29. The number of rotatable bonds is 2. The van der Waals surface area contributed by atoms with E-state index in [1.165, 1.54) is 11.1 Å². The highest BCUT2D eigenvalue weighted by Gasteiger charge is 2.01. The van der Waals surface area contributed by atoms with Gasteiger partial charge in [0.05, 0.1) is 0 Å². The van der Waals surface area contributed by atoms with Gasteiger partial charge in [0.15, 0.2) is 0 Å². The van der Waals surface area contributed by atoms with Gasteiger partial charge in [-0.25, -0.2) is 0 Å². The van der Waals surface area contributed by atoms with Crippen LogP contribution in [0.2, 0.25) is 0 Å². The van der Waals surface area contributed by atoms with Crippen LogP contribution in [0.4, 0.5) is 5.82 Å². The Kier molecular flexibility index (Phi) is 2.36. The first-order valence-electron chi connectivity index (χ1n) is 3.78. The van der Waals surface area contributed by atoms with Gasteiger partial charge in [-0.1, -0.05) is 6.08 Å². The van der Waals surface area contributed by atoms with Crippen molar-refractivity contribution in [2.45, 2.75) is 13.8 Å². The predicted octanol–water partition coefficient (Wildman–Crippen LogP) is 2.48. The normalized spacial score (nSPS) is 11.7. The molecule has 1 aromatic heterocycles. The summed E-state index contributed by atoms with van der Waals surface area (Å²) in [5, 5.41) is 3.09. The number of hydrogen-bond acceptors (Lipinski definition) is 1. The van der Waals surface area contributed by atoms with Gasteiger partial charge in [-0.15, -0.1) is 0 Å². The Morgan fingerprint density at radius 1 is 1.64 bits per heavy atom. The first-order valence-corrected chi connectivity index (χ1v) is 3.78. The lowest BCUT2D eigenvalue weighted by molar-refractivity contribution is 1.34. The van der Waals surface area contributed by atoms with E-state index in [0.717, 1.165) is 5.82 Å². The molecule has 0 aromatic carbocycles. The molecule has 1 rings (SSSR count). The number of aromatic amines is 1. The molecule has 0 fully saturated rings. The highest BCUT2D eigenvalue weighted by molar-refractivity contribution is 5.72. The number of aromatic nitrogens is 1. The van der Waals surface area contributed by atoms with E-state index < -0.39 is 0 Å². The lowest BCUT2D eigenvalue weighted by atomic mass is 10.1. The quantitative estimate of drug-likeness (QED) is 0.666. The fraction of sp³-hybridized carbons (Fsp3) is 0.333. The zero-order chi connectivity index (χ0) is 8.27. The van der Waals surface area contributed by atoms with Crippen LogP contribution in [-0.2, 0) is 0 Å². The lowest BCUT2D eigenvalue weighted by Gasteiger charge is -2.01. The summed E-state index contributed by atoms with van der Waals surface area (Å²) in [5.41, 5.74) is 2.53. The minimum absolute atomic E-state index is 1.08. The molecule has 0 aliphatic heterocycles. The van der Waals surface area contributed by atoms with Gasteiger partial charge in [-0.3, -0.25) is 0 Å². The fourth-order valence-corrected chi connectivity index (χ4v) is 1.06. The topological polar surface area (TPSA) is 27.8 Å². The van der Waals surface area contributed by atoms with E-state index in [-0.39, 0.29) is 0 Å². The van der Waals surface area contributed by atoms with Crippen LogP contribution in [0.3, 0.4) is 0 Å². The predicted molar refractivity (Wildman–Crippen MR) is 49.7 cm³/mol. The molecular weight excluding hydrogens is 136 g/mol. The molecule has 11 heavy (non-hydrogen) atoms. The molecule has 2 nitrogen and oxygen atoms in total. The van der Waals surface area contributed by atoms with Crippen LogP contribution < -0.4 is 5.32 Å². The molecule has 0 aliphatic rings. The number of hydrogen-bond donors (Lipinski definition) is 2. The van der Waals surface area contributed by atoms with Crippen molar-refractivity contribution in [3.05, 3.63) is 23.9 Å². The van der Waals surface area contributed by atoms with Gasteiger partial charge < -0.3 is 10.3 Å². The summed E-state index contributed by atoms with van der Waals surface area (Å²) in [6.07, 6.45) is 4.04. The molecule has 0 spiro atoms. The maximum absolute atomic E-state index is 3.12. The Morgan fingerprint density at radius 2 is 2.36 bits per heavy atom. The summed E-state index contributed by atoms with van der Waals surface area (Å²) < 4.78 is 0. The molecule has 1 aromatic rings. The van der Waals surface area contributed by atoms with Gasteiger partial charge in [-0.05, 0) is 25.5 Å². The second kappa shape index (κ2) is 3.28. The first kappa shape index (κ1) is 7.92. The van der Waals surface area contributed by atoms with Crippen molar-refractivity contribution < 1.29 is 0 Å². The van der Waals surface area contributed by atoms with Crippen molar-refractivity contribution in [2.75, 3.05) is 12.4 Å². The van der Waals surface area contributed by atoms with Crippen LogP contribution in [0.15, 0.2) is 18.3 Å². The summed E-state index contributed by atoms with van der Waals surface area (Å²) in [7, 11) is 1.91. The maximum Gasteiger partial charge on any atom is 0.110 e. The summed E-state index contributed by atoms with van der Waals surface area (Å²) in [6.45, 7) is 4.14. The minimum Gasteiger partial charge on any atom is -0.374 e. The van der Waals surface area contributed by atoms with Crippen LogP contribution >= 0.6 is 0 Å². The average Bonchev–Trinajstić information content (AvgIpc) is 2.50. The van der Waals surface area contributed by atoms with Gasteiger partial charge in [0, 0.05) is 18.8 Å². The molecule has 0 unspecified atom stereocenters. The molecule has 0 aliphatic carbocycles. The maximum atomic E-state index is 3.12. The number of nitrogens with one attached hydrogen (secondary N) is 2. The smallest absolute Gasteiger partial charge is 0.110 e. The van der Waals surface area contributed by atoms with E-state index in [1.54, 1.807) is 0 Å². The van der Waals surface area contributed by atoms with Crippen LogP contribution in [0, 0.1) is 0 Å². The molecule has 0 saturated carbocycles. The number of H-pyrrole nitrogens is 1. The van der Waals surface area contributed by atoms with E-state index in [9.17, 15) is 0 Å². The van der Waals surface area contributed by atoms with Gasteiger partial charge in [0.1, 0.15) is 5.82 Å². The highest BCUT2D eigenvalue weighted by Crippen LogP contribution is 2.20. The average molecular weight is 150 g/mol. The van der Waals surface area contributed by atoms with E-state index >= 15 is 0 Å².